The molecule has 1 amide bonds. The standard InChI is InChI=1S/C18H31NO5/c1-2-3-6-11-16(20)12-7-4-9-14-19-18(23)24-15-10-5-8-13-17(21)22/h4,7,9,12,16,20H,2-3,5-6,8,10-11,13-15H2,1H3,(H,19,23)(H,21,22)/t16-/m0/s1. The van der Waals surface area contributed by atoms with Gasteiger partial charge in [0.25, 0.3) is 0 Å². The molecular weight excluding hydrogens is 310 g/mol. The smallest absolute Gasteiger partial charge is 0.407 e. The van der Waals surface area contributed by atoms with Crippen LogP contribution in [0, 0.1) is 0 Å². The number of unbranched alkanes of at least 4 members (excludes halogenated alkanes) is 4. The summed E-state index contributed by atoms with van der Waals surface area (Å²) in [4.78, 5) is 21.7. The molecule has 0 unspecified atom stereocenters. The first-order valence-electron chi connectivity index (χ1n) is 8.70. The van der Waals surface area contributed by atoms with Gasteiger partial charge in [-0.1, -0.05) is 50.5 Å². The summed E-state index contributed by atoms with van der Waals surface area (Å²) in [7, 11) is 0. The van der Waals surface area contributed by atoms with Crippen LogP contribution in [0.2, 0.25) is 0 Å². The van der Waals surface area contributed by atoms with Gasteiger partial charge in [-0.25, -0.2) is 4.79 Å². The van der Waals surface area contributed by atoms with E-state index in [2.05, 4.69) is 12.2 Å². The number of carboxylic acid groups (broad SMARTS) is 1. The van der Waals surface area contributed by atoms with Crippen LogP contribution in [0.4, 0.5) is 4.79 Å². The van der Waals surface area contributed by atoms with Crippen molar-refractivity contribution in [2.75, 3.05) is 13.2 Å². The van der Waals surface area contributed by atoms with Gasteiger partial charge in [0.1, 0.15) is 0 Å². The number of nitrogens with one attached hydrogen (secondary N) is 1. The summed E-state index contributed by atoms with van der Waals surface area (Å²) in [6.07, 6.45) is 12.4. The monoisotopic (exact) mass is 341 g/mol. The third-order valence-corrected chi connectivity index (χ3v) is 3.32. The highest BCUT2D eigenvalue weighted by molar-refractivity contribution is 5.67. The van der Waals surface area contributed by atoms with E-state index >= 15 is 0 Å². The Balaban J connectivity index is 3.54. The zero-order chi connectivity index (χ0) is 18.0. The number of hydrogen-bond acceptors (Lipinski definition) is 4. The van der Waals surface area contributed by atoms with Crippen molar-refractivity contribution < 1.29 is 24.5 Å². The molecule has 0 rings (SSSR count). The first kappa shape index (κ1) is 22.2. The second kappa shape index (κ2) is 16.1. The third-order valence-electron chi connectivity index (χ3n) is 3.32. The van der Waals surface area contributed by atoms with E-state index in [1.54, 1.807) is 24.3 Å². The van der Waals surface area contributed by atoms with Crippen LogP contribution < -0.4 is 5.32 Å². The summed E-state index contributed by atoms with van der Waals surface area (Å²) in [6.45, 7) is 2.77. The van der Waals surface area contributed by atoms with Gasteiger partial charge in [-0.15, -0.1) is 0 Å². The topological polar surface area (TPSA) is 95.9 Å². The lowest BCUT2D eigenvalue weighted by Crippen LogP contribution is -2.24. The van der Waals surface area contributed by atoms with Crippen LogP contribution in [0.1, 0.15) is 58.3 Å². The maximum absolute atomic E-state index is 11.4. The molecule has 0 spiro atoms. The average molecular weight is 341 g/mol. The highest BCUT2D eigenvalue weighted by atomic mass is 16.5. The molecule has 0 saturated heterocycles. The Labute approximate surface area is 144 Å². The Hall–Kier alpha value is -1.82. The van der Waals surface area contributed by atoms with Crippen molar-refractivity contribution in [2.45, 2.75) is 64.4 Å². The predicted octanol–water partition coefficient (Wildman–Crippen LogP) is 3.41. The zero-order valence-electron chi connectivity index (χ0n) is 14.6. The van der Waals surface area contributed by atoms with Gasteiger partial charge in [-0.2, -0.15) is 0 Å². The molecule has 0 bridgehead atoms. The SMILES string of the molecule is CCCCC[C@H](O)C=CC=CCNC(=O)OCCCCCC(=O)O. The molecule has 0 fully saturated rings. The van der Waals surface area contributed by atoms with Crippen molar-refractivity contribution in [1.82, 2.24) is 5.32 Å². The molecular formula is C18H31NO5. The molecule has 0 aromatic carbocycles. The van der Waals surface area contributed by atoms with E-state index in [0.29, 0.717) is 26.0 Å². The van der Waals surface area contributed by atoms with Crippen molar-refractivity contribution in [3.63, 3.8) is 0 Å². The Morgan fingerprint density at radius 2 is 1.92 bits per heavy atom. The molecule has 24 heavy (non-hydrogen) atoms. The molecule has 0 aliphatic heterocycles. The van der Waals surface area contributed by atoms with E-state index in [-0.39, 0.29) is 6.42 Å². The Bertz CT molecular complexity index is 393. The summed E-state index contributed by atoms with van der Waals surface area (Å²) in [5.74, 6) is -0.803. The molecule has 3 N–H and O–H groups in total. The number of alkyl carbamates (subject to hydrolysis) is 1. The van der Waals surface area contributed by atoms with E-state index < -0.39 is 18.2 Å². The number of rotatable bonds is 14. The minimum Gasteiger partial charge on any atom is -0.481 e. The maximum Gasteiger partial charge on any atom is 0.407 e. The molecule has 6 heteroatoms. The second-order valence-electron chi connectivity index (χ2n) is 5.60. The molecule has 0 radical (unpaired) electrons. The van der Waals surface area contributed by atoms with Crippen LogP contribution in [-0.4, -0.2) is 41.5 Å². The van der Waals surface area contributed by atoms with Gasteiger partial charge < -0.3 is 20.3 Å². The molecule has 0 aromatic rings. The average Bonchev–Trinajstić information content (AvgIpc) is 2.54. The lowest BCUT2D eigenvalue weighted by molar-refractivity contribution is -0.137. The van der Waals surface area contributed by atoms with E-state index in [1.807, 2.05) is 0 Å². The van der Waals surface area contributed by atoms with Crippen LogP contribution >= 0.6 is 0 Å². The predicted molar refractivity (Wildman–Crippen MR) is 93.9 cm³/mol. The van der Waals surface area contributed by atoms with Gasteiger partial charge in [0.05, 0.1) is 12.7 Å². The van der Waals surface area contributed by atoms with Crippen LogP contribution in [0.5, 0.6) is 0 Å². The first-order chi connectivity index (χ1) is 11.6. The van der Waals surface area contributed by atoms with Crippen molar-refractivity contribution in [3.8, 4) is 0 Å². The number of aliphatic hydroxyl groups excluding tert-OH is 1. The van der Waals surface area contributed by atoms with Gasteiger partial charge in [0.15, 0.2) is 0 Å². The van der Waals surface area contributed by atoms with Crippen molar-refractivity contribution in [3.05, 3.63) is 24.3 Å². The molecule has 0 aliphatic carbocycles. The minimum absolute atomic E-state index is 0.151. The van der Waals surface area contributed by atoms with Crippen LogP contribution in [0.15, 0.2) is 24.3 Å². The Morgan fingerprint density at radius 3 is 2.62 bits per heavy atom. The quantitative estimate of drug-likeness (QED) is 0.332. The minimum atomic E-state index is -0.803. The van der Waals surface area contributed by atoms with Crippen LogP contribution in [0.25, 0.3) is 0 Å². The number of amides is 1. The number of ether oxygens (including phenoxy) is 1. The first-order valence-corrected chi connectivity index (χ1v) is 8.70. The highest BCUT2D eigenvalue weighted by Gasteiger charge is 2.00. The number of allylic oxidation sites excluding steroid dienone is 2. The number of carbonyl (C=O) groups excluding carboxylic acids is 1. The molecule has 1 atom stereocenters. The van der Waals surface area contributed by atoms with Gasteiger partial charge >= 0.3 is 12.1 Å². The van der Waals surface area contributed by atoms with E-state index in [4.69, 9.17) is 9.84 Å². The highest BCUT2D eigenvalue weighted by Crippen LogP contribution is 2.04. The lowest BCUT2D eigenvalue weighted by Gasteiger charge is -2.04. The summed E-state index contributed by atoms with van der Waals surface area (Å²) >= 11 is 0. The normalized spacial score (nSPS) is 12.6. The van der Waals surface area contributed by atoms with Crippen molar-refractivity contribution >= 4 is 12.1 Å². The largest absolute Gasteiger partial charge is 0.481 e. The van der Waals surface area contributed by atoms with Gasteiger partial charge in [0, 0.05) is 13.0 Å². The number of aliphatic carboxylic acids is 1. The second-order valence-corrected chi connectivity index (χ2v) is 5.60. The van der Waals surface area contributed by atoms with Crippen LogP contribution in [0.3, 0.4) is 0 Å². The van der Waals surface area contributed by atoms with E-state index in [9.17, 15) is 14.7 Å². The number of carbonyl (C=O) groups is 2. The molecule has 6 nitrogen and oxygen atoms in total. The fraction of sp³-hybridized carbons (Fsp3) is 0.667. The summed E-state index contributed by atoms with van der Waals surface area (Å²) in [5, 5.41) is 20.7. The lowest BCUT2D eigenvalue weighted by atomic mass is 10.1. The molecule has 0 aliphatic rings. The molecule has 0 aromatic heterocycles. The maximum atomic E-state index is 11.4. The van der Waals surface area contributed by atoms with Gasteiger partial charge in [-0.3, -0.25) is 4.79 Å². The molecule has 0 saturated carbocycles. The number of carboxylic acids is 1. The van der Waals surface area contributed by atoms with Crippen molar-refractivity contribution in [2.24, 2.45) is 0 Å². The Morgan fingerprint density at radius 1 is 1.12 bits per heavy atom. The summed E-state index contributed by atoms with van der Waals surface area (Å²) in [5.41, 5.74) is 0. The zero-order valence-corrected chi connectivity index (χ0v) is 14.6. The third kappa shape index (κ3) is 16.5. The van der Waals surface area contributed by atoms with Gasteiger partial charge in [-0.05, 0) is 25.7 Å². The van der Waals surface area contributed by atoms with Crippen molar-refractivity contribution in [1.29, 1.82) is 0 Å². The fourth-order valence-corrected chi connectivity index (χ4v) is 1.95. The molecule has 0 heterocycles. The molecule has 138 valence electrons. The fourth-order valence-electron chi connectivity index (χ4n) is 1.95. The number of hydrogen-bond donors (Lipinski definition) is 3. The van der Waals surface area contributed by atoms with E-state index in [0.717, 1.165) is 32.1 Å². The van der Waals surface area contributed by atoms with Gasteiger partial charge in [0.2, 0.25) is 0 Å². The Kier molecular flexibility index (Phi) is 14.8. The summed E-state index contributed by atoms with van der Waals surface area (Å²) < 4.78 is 4.96. The van der Waals surface area contributed by atoms with E-state index in [1.165, 1.54) is 0 Å². The summed E-state index contributed by atoms with van der Waals surface area (Å²) in [6, 6.07) is 0. The number of aliphatic hydroxyl groups is 1. The van der Waals surface area contributed by atoms with Crippen LogP contribution in [-0.2, 0) is 9.53 Å².